The summed E-state index contributed by atoms with van der Waals surface area (Å²) in [6, 6.07) is 8.02. The monoisotopic (exact) mass is 382 g/mol. The maximum absolute atomic E-state index is 12.4. The van der Waals surface area contributed by atoms with Crippen molar-refractivity contribution in [2.24, 2.45) is 0 Å². The summed E-state index contributed by atoms with van der Waals surface area (Å²) < 4.78 is 12.4. The van der Waals surface area contributed by atoms with E-state index in [0.29, 0.717) is 26.2 Å². The van der Waals surface area contributed by atoms with Crippen LogP contribution >= 0.6 is 15.9 Å². The lowest BCUT2D eigenvalue weighted by molar-refractivity contribution is -0.138. The summed E-state index contributed by atoms with van der Waals surface area (Å²) >= 11 is 3.56. The summed E-state index contributed by atoms with van der Waals surface area (Å²) in [5, 5.41) is 3.22. The minimum absolute atomic E-state index is 0.0681. The predicted octanol–water partition coefficient (Wildman–Crippen LogP) is 2.12. The predicted molar refractivity (Wildman–Crippen MR) is 91.3 cm³/mol. The van der Waals surface area contributed by atoms with Gasteiger partial charge in [0.05, 0.1) is 25.8 Å². The van der Waals surface area contributed by atoms with Crippen LogP contribution < -0.4 is 5.32 Å². The average molecular weight is 383 g/mol. The molecule has 0 bridgehead atoms. The Kier molecular flexibility index (Phi) is 6.05. The Morgan fingerprint density at radius 1 is 1.30 bits per heavy atom. The molecule has 0 aromatic heterocycles. The van der Waals surface area contributed by atoms with Crippen molar-refractivity contribution in [2.75, 3.05) is 39.4 Å². The zero-order valence-electron chi connectivity index (χ0n) is 13.2. The van der Waals surface area contributed by atoms with Gasteiger partial charge in [-0.15, -0.1) is 0 Å². The standard InChI is InChI=1S/C17H23BrN2O3/c18-15-6-2-1-5-14(15)16-12-20(7-9-23-16)17(21)11-19-10-13-4-3-8-22-13/h1-2,5-6,13,16,19H,3-4,7-12H2/t13-,16-/m1/s1. The van der Waals surface area contributed by atoms with Gasteiger partial charge in [0.25, 0.3) is 0 Å². The van der Waals surface area contributed by atoms with Crippen LogP contribution in [0.1, 0.15) is 24.5 Å². The minimum Gasteiger partial charge on any atom is -0.377 e. The summed E-state index contributed by atoms with van der Waals surface area (Å²) in [5.74, 6) is 0.128. The zero-order valence-corrected chi connectivity index (χ0v) is 14.8. The SMILES string of the molecule is O=C(CNC[C@H]1CCCO1)N1CCO[C@@H](c2ccccc2Br)C1. The number of nitrogens with one attached hydrogen (secondary N) is 1. The molecule has 1 amide bonds. The molecule has 2 saturated heterocycles. The smallest absolute Gasteiger partial charge is 0.236 e. The first-order chi connectivity index (χ1) is 11.2. The summed E-state index contributed by atoms with van der Waals surface area (Å²) in [4.78, 5) is 14.3. The van der Waals surface area contributed by atoms with Crippen LogP contribution in [0.3, 0.4) is 0 Å². The average Bonchev–Trinajstić information content (AvgIpc) is 3.09. The molecular formula is C17H23BrN2O3. The highest BCUT2D eigenvalue weighted by atomic mass is 79.9. The molecule has 2 aliphatic heterocycles. The van der Waals surface area contributed by atoms with Crippen molar-refractivity contribution in [2.45, 2.75) is 25.0 Å². The van der Waals surface area contributed by atoms with Gasteiger partial charge < -0.3 is 19.7 Å². The highest BCUT2D eigenvalue weighted by Gasteiger charge is 2.26. The molecular weight excluding hydrogens is 360 g/mol. The van der Waals surface area contributed by atoms with E-state index in [1.165, 1.54) is 0 Å². The fourth-order valence-electron chi connectivity index (χ4n) is 3.06. The Labute approximate surface area is 145 Å². The molecule has 0 aliphatic carbocycles. The van der Waals surface area contributed by atoms with E-state index < -0.39 is 0 Å². The largest absolute Gasteiger partial charge is 0.377 e. The van der Waals surface area contributed by atoms with E-state index in [1.807, 2.05) is 29.2 Å². The number of halogens is 1. The molecule has 5 nitrogen and oxygen atoms in total. The third kappa shape index (κ3) is 4.53. The molecule has 1 aromatic carbocycles. The van der Waals surface area contributed by atoms with E-state index in [2.05, 4.69) is 21.2 Å². The second kappa shape index (κ2) is 8.24. The van der Waals surface area contributed by atoms with E-state index >= 15 is 0 Å². The van der Waals surface area contributed by atoms with Gasteiger partial charge in [-0.25, -0.2) is 0 Å². The Morgan fingerprint density at radius 3 is 2.96 bits per heavy atom. The third-order valence-electron chi connectivity index (χ3n) is 4.34. The van der Waals surface area contributed by atoms with Crippen molar-refractivity contribution in [3.8, 4) is 0 Å². The molecule has 2 heterocycles. The molecule has 2 fully saturated rings. The fourth-order valence-corrected chi connectivity index (χ4v) is 3.60. The highest BCUT2D eigenvalue weighted by Crippen LogP contribution is 2.28. The van der Waals surface area contributed by atoms with Crippen LogP contribution in [-0.2, 0) is 14.3 Å². The van der Waals surface area contributed by atoms with Crippen molar-refractivity contribution in [1.82, 2.24) is 10.2 Å². The van der Waals surface area contributed by atoms with Gasteiger partial charge in [-0.05, 0) is 24.5 Å². The van der Waals surface area contributed by atoms with E-state index in [0.717, 1.165) is 36.0 Å². The van der Waals surface area contributed by atoms with Crippen molar-refractivity contribution in [3.05, 3.63) is 34.3 Å². The summed E-state index contributed by atoms with van der Waals surface area (Å²) in [5.41, 5.74) is 1.09. The van der Waals surface area contributed by atoms with Crippen LogP contribution in [0.4, 0.5) is 0 Å². The van der Waals surface area contributed by atoms with Gasteiger partial charge in [-0.1, -0.05) is 34.1 Å². The Bertz CT molecular complexity index is 534. The molecule has 1 aromatic rings. The molecule has 0 unspecified atom stereocenters. The fraction of sp³-hybridized carbons (Fsp3) is 0.588. The van der Waals surface area contributed by atoms with Crippen LogP contribution in [-0.4, -0.2) is 56.3 Å². The molecule has 1 N–H and O–H groups in total. The molecule has 2 atom stereocenters. The van der Waals surface area contributed by atoms with Gasteiger partial charge in [-0.2, -0.15) is 0 Å². The molecule has 126 valence electrons. The zero-order chi connectivity index (χ0) is 16.1. The maximum atomic E-state index is 12.4. The summed E-state index contributed by atoms with van der Waals surface area (Å²) in [6.45, 7) is 3.79. The normalized spacial score (nSPS) is 24.8. The number of carbonyl (C=O) groups excluding carboxylic acids is 1. The number of nitrogens with zero attached hydrogens (tertiary/aromatic N) is 1. The molecule has 2 aliphatic rings. The van der Waals surface area contributed by atoms with Gasteiger partial charge >= 0.3 is 0 Å². The van der Waals surface area contributed by atoms with Crippen LogP contribution in [0.25, 0.3) is 0 Å². The number of benzene rings is 1. The second-order valence-electron chi connectivity index (χ2n) is 5.99. The van der Waals surface area contributed by atoms with Gasteiger partial charge in [0.15, 0.2) is 0 Å². The second-order valence-corrected chi connectivity index (χ2v) is 6.84. The number of hydrogen-bond acceptors (Lipinski definition) is 4. The number of ether oxygens (including phenoxy) is 2. The van der Waals surface area contributed by atoms with Crippen molar-refractivity contribution in [3.63, 3.8) is 0 Å². The Morgan fingerprint density at radius 2 is 2.17 bits per heavy atom. The third-order valence-corrected chi connectivity index (χ3v) is 5.07. The number of morpholine rings is 1. The van der Waals surface area contributed by atoms with Crippen LogP contribution in [0.2, 0.25) is 0 Å². The van der Waals surface area contributed by atoms with Crippen LogP contribution in [0, 0.1) is 0 Å². The van der Waals surface area contributed by atoms with Crippen LogP contribution in [0.5, 0.6) is 0 Å². The van der Waals surface area contributed by atoms with E-state index in [4.69, 9.17) is 9.47 Å². The van der Waals surface area contributed by atoms with Crippen LogP contribution in [0.15, 0.2) is 28.7 Å². The summed E-state index contributed by atoms with van der Waals surface area (Å²) in [6.07, 6.45) is 2.40. The molecule has 0 radical (unpaired) electrons. The summed E-state index contributed by atoms with van der Waals surface area (Å²) in [7, 11) is 0. The maximum Gasteiger partial charge on any atom is 0.236 e. The molecule has 23 heavy (non-hydrogen) atoms. The first-order valence-electron chi connectivity index (χ1n) is 8.20. The first-order valence-corrected chi connectivity index (χ1v) is 8.99. The Hall–Kier alpha value is -0.950. The lowest BCUT2D eigenvalue weighted by atomic mass is 10.1. The molecule has 0 spiro atoms. The van der Waals surface area contributed by atoms with Crippen molar-refractivity contribution < 1.29 is 14.3 Å². The van der Waals surface area contributed by atoms with E-state index in [1.54, 1.807) is 0 Å². The van der Waals surface area contributed by atoms with Crippen molar-refractivity contribution >= 4 is 21.8 Å². The molecule has 3 rings (SSSR count). The number of hydrogen-bond donors (Lipinski definition) is 1. The number of rotatable bonds is 5. The minimum atomic E-state index is -0.0681. The van der Waals surface area contributed by atoms with Gasteiger partial charge in [0.1, 0.15) is 6.10 Å². The lowest BCUT2D eigenvalue weighted by Gasteiger charge is -2.33. The number of carbonyl (C=O) groups is 1. The quantitative estimate of drug-likeness (QED) is 0.847. The molecule has 6 heteroatoms. The number of amides is 1. The first kappa shape index (κ1) is 16.9. The van der Waals surface area contributed by atoms with E-state index in [9.17, 15) is 4.79 Å². The van der Waals surface area contributed by atoms with Gasteiger partial charge in [0.2, 0.25) is 5.91 Å². The lowest BCUT2D eigenvalue weighted by Crippen LogP contribution is -2.46. The topological polar surface area (TPSA) is 50.8 Å². The Balaban J connectivity index is 1.49. The van der Waals surface area contributed by atoms with E-state index in [-0.39, 0.29) is 18.1 Å². The molecule has 0 saturated carbocycles. The van der Waals surface area contributed by atoms with Gasteiger partial charge in [0, 0.05) is 24.2 Å². The highest BCUT2D eigenvalue weighted by molar-refractivity contribution is 9.10. The van der Waals surface area contributed by atoms with Gasteiger partial charge in [-0.3, -0.25) is 4.79 Å². The van der Waals surface area contributed by atoms with Crippen molar-refractivity contribution in [1.29, 1.82) is 0 Å².